The maximum Gasteiger partial charge on any atom is 0.323 e. The number of rotatable bonds is 7. The average molecular weight is 644 g/mol. The van der Waals surface area contributed by atoms with Gasteiger partial charge in [0, 0.05) is 43.3 Å². The number of aromatic nitrogens is 1. The van der Waals surface area contributed by atoms with Crippen LogP contribution in [0.15, 0.2) is 66.9 Å². The molecule has 0 unspecified atom stereocenters. The standard InChI is InChI=1S/C35H41N5O5S/c1-35(2,3)25-20-31(33(44-4)32(21-25)40-14-7-19-46(40,42)43)38-34(41)37-30-13-12-27(28-8-5-6-9-29(28)30)24-10-11-26(36-22-24)23-39-15-17-45-18-16-39/h5-6,8-13,20-22H,7,14-19,23H2,1-4H3,(H2,37,38,41). The van der Waals surface area contributed by atoms with E-state index in [4.69, 9.17) is 14.5 Å². The van der Waals surface area contributed by atoms with E-state index in [9.17, 15) is 13.2 Å². The molecule has 46 heavy (non-hydrogen) atoms. The van der Waals surface area contributed by atoms with Crippen LogP contribution in [0.2, 0.25) is 0 Å². The largest absolute Gasteiger partial charge is 0.492 e. The number of sulfonamides is 1. The number of benzene rings is 3. The lowest BCUT2D eigenvalue weighted by Crippen LogP contribution is -2.35. The molecular weight excluding hydrogens is 602 g/mol. The molecule has 3 aromatic carbocycles. The quantitative estimate of drug-likeness (QED) is 0.246. The Bertz CT molecular complexity index is 1850. The lowest BCUT2D eigenvalue weighted by Gasteiger charge is -2.27. The fraction of sp³-hybridized carbons (Fsp3) is 0.371. The van der Waals surface area contributed by atoms with Crippen molar-refractivity contribution in [2.45, 2.75) is 39.2 Å². The van der Waals surface area contributed by atoms with E-state index in [2.05, 4.69) is 27.7 Å². The molecule has 6 rings (SSSR count). The molecule has 2 aliphatic heterocycles. The number of hydrogen-bond acceptors (Lipinski definition) is 7. The smallest absolute Gasteiger partial charge is 0.323 e. The second kappa shape index (κ2) is 12.9. The van der Waals surface area contributed by atoms with Gasteiger partial charge in [0.25, 0.3) is 0 Å². The summed E-state index contributed by atoms with van der Waals surface area (Å²) in [5.41, 5.74) is 5.06. The molecule has 2 saturated heterocycles. The Morgan fingerprint density at radius 2 is 1.70 bits per heavy atom. The first-order chi connectivity index (χ1) is 22.0. The number of amides is 2. The van der Waals surface area contributed by atoms with Gasteiger partial charge in [0.15, 0.2) is 5.75 Å². The van der Waals surface area contributed by atoms with Crippen molar-refractivity contribution in [1.29, 1.82) is 0 Å². The van der Waals surface area contributed by atoms with Gasteiger partial charge < -0.3 is 20.1 Å². The van der Waals surface area contributed by atoms with E-state index < -0.39 is 16.1 Å². The van der Waals surface area contributed by atoms with Crippen molar-refractivity contribution in [3.63, 3.8) is 0 Å². The molecule has 0 radical (unpaired) electrons. The minimum atomic E-state index is -3.48. The maximum absolute atomic E-state index is 13.5. The van der Waals surface area contributed by atoms with E-state index >= 15 is 0 Å². The van der Waals surface area contributed by atoms with Gasteiger partial charge in [-0.25, -0.2) is 13.2 Å². The van der Waals surface area contributed by atoms with Crippen molar-refractivity contribution in [3.8, 4) is 16.9 Å². The van der Waals surface area contributed by atoms with Crippen molar-refractivity contribution in [3.05, 3.63) is 78.1 Å². The van der Waals surface area contributed by atoms with Crippen LogP contribution in [-0.4, -0.2) is 70.0 Å². The van der Waals surface area contributed by atoms with Gasteiger partial charge in [-0.15, -0.1) is 0 Å². The number of methoxy groups -OCH3 is 1. The third-order valence-corrected chi connectivity index (χ3v) is 10.4. The SMILES string of the molecule is COc1c(NC(=O)Nc2ccc(-c3ccc(CN4CCOCC4)nc3)c3ccccc23)cc(C(C)(C)C)cc1N1CCCS1(=O)=O. The van der Waals surface area contributed by atoms with Gasteiger partial charge in [-0.05, 0) is 52.6 Å². The van der Waals surface area contributed by atoms with Gasteiger partial charge >= 0.3 is 6.03 Å². The third-order valence-electron chi connectivity index (χ3n) is 8.55. The monoisotopic (exact) mass is 643 g/mol. The molecule has 0 spiro atoms. The number of morpholine rings is 1. The molecule has 0 aliphatic carbocycles. The van der Waals surface area contributed by atoms with Crippen molar-refractivity contribution in [2.75, 3.05) is 60.6 Å². The second-order valence-corrected chi connectivity index (χ2v) is 14.8. The Hall–Kier alpha value is -4.19. The fourth-order valence-electron chi connectivity index (χ4n) is 6.05. The van der Waals surface area contributed by atoms with E-state index in [1.807, 2.05) is 75.5 Å². The van der Waals surface area contributed by atoms with Crippen molar-refractivity contribution >= 4 is 43.9 Å². The number of carbonyl (C=O) groups excluding carboxylic acids is 1. The molecule has 0 bridgehead atoms. The highest BCUT2D eigenvalue weighted by molar-refractivity contribution is 7.93. The van der Waals surface area contributed by atoms with Gasteiger partial charge in [-0.2, -0.15) is 0 Å². The van der Waals surface area contributed by atoms with Crippen LogP contribution in [0.1, 0.15) is 38.4 Å². The molecule has 4 aromatic rings. The van der Waals surface area contributed by atoms with Crippen LogP contribution >= 0.6 is 0 Å². The number of ether oxygens (including phenoxy) is 2. The molecule has 3 heterocycles. The molecule has 242 valence electrons. The summed E-state index contributed by atoms with van der Waals surface area (Å²) in [6.07, 6.45) is 2.44. The highest BCUT2D eigenvalue weighted by Gasteiger charge is 2.33. The summed E-state index contributed by atoms with van der Waals surface area (Å²) in [5, 5.41) is 7.82. The number of nitrogens with one attached hydrogen (secondary N) is 2. The van der Waals surface area contributed by atoms with E-state index in [1.165, 1.54) is 11.4 Å². The van der Waals surface area contributed by atoms with Crippen LogP contribution < -0.4 is 19.7 Å². The summed E-state index contributed by atoms with van der Waals surface area (Å²) in [6, 6.07) is 19.2. The summed E-state index contributed by atoms with van der Waals surface area (Å²) in [4.78, 5) is 20.6. The van der Waals surface area contributed by atoms with Crippen molar-refractivity contribution in [2.24, 2.45) is 0 Å². The Balaban J connectivity index is 1.27. The Kier molecular flexibility index (Phi) is 8.91. The Labute approximate surface area is 270 Å². The zero-order valence-corrected chi connectivity index (χ0v) is 27.6. The fourth-order valence-corrected chi connectivity index (χ4v) is 7.61. The summed E-state index contributed by atoms with van der Waals surface area (Å²) >= 11 is 0. The summed E-state index contributed by atoms with van der Waals surface area (Å²) in [7, 11) is -1.99. The molecule has 2 N–H and O–H groups in total. The topological polar surface area (TPSA) is 113 Å². The summed E-state index contributed by atoms with van der Waals surface area (Å²) in [5.74, 6) is 0.384. The van der Waals surface area contributed by atoms with Gasteiger partial charge in [-0.3, -0.25) is 14.2 Å². The lowest BCUT2D eigenvalue weighted by atomic mass is 9.86. The zero-order valence-electron chi connectivity index (χ0n) is 26.8. The van der Waals surface area contributed by atoms with Crippen LogP contribution in [0.4, 0.5) is 21.9 Å². The highest BCUT2D eigenvalue weighted by atomic mass is 32.2. The molecule has 11 heteroatoms. The number of nitrogens with zero attached hydrogens (tertiary/aromatic N) is 3. The maximum atomic E-state index is 13.5. The molecule has 2 fully saturated rings. The van der Waals surface area contributed by atoms with Gasteiger partial charge in [-0.1, -0.05) is 57.2 Å². The van der Waals surface area contributed by atoms with E-state index in [0.717, 1.165) is 66.0 Å². The number of pyridine rings is 1. The molecular formula is C35H41N5O5S. The molecule has 10 nitrogen and oxygen atoms in total. The first kappa shape index (κ1) is 31.8. The molecule has 2 amide bonds. The minimum absolute atomic E-state index is 0.0802. The van der Waals surface area contributed by atoms with Crippen LogP contribution in [-0.2, 0) is 26.7 Å². The first-order valence-electron chi connectivity index (χ1n) is 15.6. The van der Waals surface area contributed by atoms with Crippen LogP contribution in [0.5, 0.6) is 5.75 Å². The van der Waals surface area contributed by atoms with Crippen LogP contribution in [0.3, 0.4) is 0 Å². The third kappa shape index (κ3) is 6.67. The normalized spacial score (nSPS) is 16.8. The van der Waals surface area contributed by atoms with E-state index in [0.29, 0.717) is 35.8 Å². The van der Waals surface area contributed by atoms with Crippen molar-refractivity contribution in [1.82, 2.24) is 9.88 Å². The number of hydrogen-bond donors (Lipinski definition) is 2. The summed E-state index contributed by atoms with van der Waals surface area (Å²) < 4.78 is 38.3. The van der Waals surface area contributed by atoms with Crippen LogP contribution in [0.25, 0.3) is 21.9 Å². The first-order valence-corrected chi connectivity index (χ1v) is 17.2. The summed E-state index contributed by atoms with van der Waals surface area (Å²) in [6.45, 7) is 10.6. The molecule has 0 atom stereocenters. The van der Waals surface area contributed by atoms with Gasteiger partial charge in [0.05, 0.1) is 48.8 Å². The van der Waals surface area contributed by atoms with Gasteiger partial charge in [0.1, 0.15) is 0 Å². The number of anilines is 3. The highest BCUT2D eigenvalue weighted by Crippen LogP contribution is 2.43. The van der Waals surface area contributed by atoms with Gasteiger partial charge in [0.2, 0.25) is 10.0 Å². The molecule has 0 saturated carbocycles. The molecule has 1 aromatic heterocycles. The van der Waals surface area contributed by atoms with Crippen molar-refractivity contribution < 1.29 is 22.7 Å². The Morgan fingerprint density at radius 1 is 0.957 bits per heavy atom. The lowest BCUT2D eigenvalue weighted by molar-refractivity contribution is 0.0336. The van der Waals surface area contributed by atoms with E-state index in [-0.39, 0.29) is 11.2 Å². The number of carbonyl (C=O) groups is 1. The predicted octanol–water partition coefficient (Wildman–Crippen LogP) is 6.22. The Morgan fingerprint density at radius 3 is 2.35 bits per heavy atom. The number of fused-ring (bicyclic) bond motifs is 1. The second-order valence-electron chi connectivity index (χ2n) is 12.8. The predicted molar refractivity (Wildman–Crippen MR) is 183 cm³/mol. The zero-order chi connectivity index (χ0) is 32.5. The molecule has 2 aliphatic rings. The minimum Gasteiger partial charge on any atom is -0.492 e. The number of urea groups is 1. The average Bonchev–Trinajstić information content (AvgIpc) is 3.39. The van der Waals surface area contributed by atoms with E-state index in [1.54, 1.807) is 0 Å². The van der Waals surface area contributed by atoms with Crippen LogP contribution in [0, 0.1) is 0 Å².